The lowest BCUT2D eigenvalue weighted by Crippen LogP contribution is -2.14. The third kappa shape index (κ3) is 1.60. The predicted molar refractivity (Wildman–Crippen MR) is 44.2 cm³/mol. The van der Waals surface area contributed by atoms with Crippen LogP contribution in [-0.4, -0.2) is 24.4 Å². The highest BCUT2D eigenvalue weighted by Gasteiger charge is 2.09. The van der Waals surface area contributed by atoms with E-state index in [0.29, 0.717) is 11.3 Å². The standard InChI is InChI=1S/C8H10N2O2/c1-12-8-2-3-10-5-6(8)7(11)4-9/h2-3,5H,4,9H2,1H3. The molecule has 0 amide bonds. The minimum absolute atomic E-state index is 0.0257. The number of carbonyl (C=O) groups excluding carboxylic acids is 1. The zero-order valence-electron chi connectivity index (χ0n) is 6.78. The zero-order chi connectivity index (χ0) is 8.97. The Morgan fingerprint density at radius 3 is 3.08 bits per heavy atom. The number of pyridine rings is 1. The molecule has 0 aliphatic heterocycles. The maximum atomic E-state index is 11.1. The Labute approximate surface area is 70.4 Å². The predicted octanol–water partition coefficient (Wildman–Crippen LogP) is 0.232. The van der Waals surface area contributed by atoms with Crippen molar-refractivity contribution in [1.82, 2.24) is 4.98 Å². The molecule has 12 heavy (non-hydrogen) atoms. The van der Waals surface area contributed by atoms with Crippen LogP contribution in [0.1, 0.15) is 10.4 Å². The highest BCUT2D eigenvalue weighted by molar-refractivity contribution is 5.99. The molecule has 1 aromatic rings. The minimum atomic E-state index is -0.167. The minimum Gasteiger partial charge on any atom is -0.496 e. The summed E-state index contributed by atoms with van der Waals surface area (Å²) in [6.07, 6.45) is 3.01. The lowest BCUT2D eigenvalue weighted by atomic mass is 10.2. The molecular formula is C8H10N2O2. The molecule has 0 aromatic carbocycles. The first-order valence-corrected chi connectivity index (χ1v) is 3.51. The van der Waals surface area contributed by atoms with Crippen LogP contribution in [-0.2, 0) is 0 Å². The fraction of sp³-hybridized carbons (Fsp3) is 0.250. The van der Waals surface area contributed by atoms with Crippen molar-refractivity contribution in [2.45, 2.75) is 0 Å². The van der Waals surface area contributed by atoms with Gasteiger partial charge >= 0.3 is 0 Å². The van der Waals surface area contributed by atoms with E-state index in [4.69, 9.17) is 10.5 Å². The Balaban J connectivity index is 3.04. The Bertz CT molecular complexity index is 286. The van der Waals surface area contributed by atoms with E-state index < -0.39 is 0 Å². The van der Waals surface area contributed by atoms with E-state index in [1.165, 1.54) is 13.3 Å². The van der Waals surface area contributed by atoms with Gasteiger partial charge in [0.1, 0.15) is 5.75 Å². The van der Waals surface area contributed by atoms with Crippen molar-refractivity contribution in [2.24, 2.45) is 5.73 Å². The summed E-state index contributed by atoms with van der Waals surface area (Å²) in [5, 5.41) is 0. The summed E-state index contributed by atoms with van der Waals surface area (Å²) in [6.45, 7) is -0.0257. The molecule has 0 aliphatic carbocycles. The molecule has 64 valence electrons. The number of nitrogens with two attached hydrogens (primary N) is 1. The molecule has 0 radical (unpaired) electrons. The Morgan fingerprint density at radius 1 is 1.75 bits per heavy atom. The van der Waals surface area contributed by atoms with E-state index >= 15 is 0 Å². The molecule has 0 fully saturated rings. The Hall–Kier alpha value is -1.42. The van der Waals surface area contributed by atoms with Gasteiger partial charge in [-0.3, -0.25) is 9.78 Å². The van der Waals surface area contributed by atoms with Crippen molar-refractivity contribution in [3.05, 3.63) is 24.0 Å². The van der Waals surface area contributed by atoms with Gasteiger partial charge in [0.15, 0.2) is 5.78 Å². The number of aromatic nitrogens is 1. The number of ketones is 1. The molecule has 4 nitrogen and oxygen atoms in total. The molecule has 0 spiro atoms. The first kappa shape index (κ1) is 8.67. The largest absolute Gasteiger partial charge is 0.496 e. The summed E-state index contributed by atoms with van der Waals surface area (Å²) in [6, 6.07) is 1.63. The van der Waals surface area contributed by atoms with E-state index in [0.717, 1.165) is 0 Å². The molecule has 0 saturated carbocycles. The molecule has 0 saturated heterocycles. The van der Waals surface area contributed by atoms with Gasteiger partial charge in [-0.05, 0) is 6.07 Å². The topological polar surface area (TPSA) is 65.2 Å². The number of carbonyl (C=O) groups is 1. The van der Waals surface area contributed by atoms with Crippen LogP contribution in [0.3, 0.4) is 0 Å². The number of Topliss-reactive ketones (excluding diaryl/α,β-unsaturated/α-hetero) is 1. The van der Waals surface area contributed by atoms with Crippen molar-refractivity contribution in [1.29, 1.82) is 0 Å². The summed E-state index contributed by atoms with van der Waals surface area (Å²) in [5.41, 5.74) is 5.63. The van der Waals surface area contributed by atoms with Crippen LogP contribution >= 0.6 is 0 Å². The molecule has 4 heteroatoms. The van der Waals surface area contributed by atoms with Crippen LogP contribution in [0.2, 0.25) is 0 Å². The molecule has 2 N–H and O–H groups in total. The first-order valence-electron chi connectivity index (χ1n) is 3.51. The van der Waals surface area contributed by atoms with Crippen LogP contribution in [0.25, 0.3) is 0 Å². The van der Waals surface area contributed by atoms with Gasteiger partial charge in [-0.25, -0.2) is 0 Å². The molecule has 1 rings (SSSR count). The maximum absolute atomic E-state index is 11.1. The first-order chi connectivity index (χ1) is 5.79. The second-order valence-electron chi connectivity index (χ2n) is 2.20. The Kier molecular flexibility index (Phi) is 2.76. The number of rotatable bonds is 3. The van der Waals surface area contributed by atoms with E-state index in [-0.39, 0.29) is 12.3 Å². The van der Waals surface area contributed by atoms with Gasteiger partial charge in [-0.15, -0.1) is 0 Å². The molecule has 0 aliphatic rings. The second kappa shape index (κ2) is 3.82. The second-order valence-corrected chi connectivity index (χ2v) is 2.20. The summed E-state index contributed by atoms with van der Waals surface area (Å²) >= 11 is 0. The van der Waals surface area contributed by atoms with Crippen molar-refractivity contribution in [3.8, 4) is 5.75 Å². The SMILES string of the molecule is COc1ccncc1C(=O)CN. The van der Waals surface area contributed by atoms with Crippen molar-refractivity contribution in [3.63, 3.8) is 0 Å². The fourth-order valence-corrected chi connectivity index (χ4v) is 0.879. The van der Waals surface area contributed by atoms with Gasteiger partial charge < -0.3 is 10.5 Å². The number of ether oxygens (including phenoxy) is 1. The van der Waals surface area contributed by atoms with E-state index in [1.54, 1.807) is 12.3 Å². The van der Waals surface area contributed by atoms with E-state index in [1.807, 2.05) is 0 Å². The summed E-state index contributed by atoms with van der Waals surface area (Å²) < 4.78 is 4.95. The summed E-state index contributed by atoms with van der Waals surface area (Å²) in [7, 11) is 1.50. The number of hydrogen-bond donors (Lipinski definition) is 1. The number of methoxy groups -OCH3 is 1. The van der Waals surface area contributed by atoms with Crippen LogP contribution in [0.4, 0.5) is 0 Å². The maximum Gasteiger partial charge on any atom is 0.181 e. The normalized spacial score (nSPS) is 9.50. The average Bonchev–Trinajstić information content (AvgIpc) is 2.16. The van der Waals surface area contributed by atoms with Crippen molar-refractivity contribution in [2.75, 3.05) is 13.7 Å². The summed E-state index contributed by atoms with van der Waals surface area (Å²) in [5.74, 6) is 0.348. The van der Waals surface area contributed by atoms with Gasteiger partial charge in [0.2, 0.25) is 0 Å². The van der Waals surface area contributed by atoms with E-state index in [9.17, 15) is 4.79 Å². The summed E-state index contributed by atoms with van der Waals surface area (Å²) in [4.78, 5) is 15.0. The van der Waals surface area contributed by atoms with Crippen LogP contribution in [0.15, 0.2) is 18.5 Å². The lowest BCUT2D eigenvalue weighted by molar-refractivity contribution is 0.0998. The molecule has 1 aromatic heterocycles. The monoisotopic (exact) mass is 166 g/mol. The highest BCUT2D eigenvalue weighted by atomic mass is 16.5. The van der Waals surface area contributed by atoms with Gasteiger partial charge in [0, 0.05) is 12.4 Å². The molecule has 0 unspecified atom stereocenters. The third-order valence-electron chi connectivity index (χ3n) is 1.49. The van der Waals surface area contributed by atoms with Crippen LogP contribution < -0.4 is 10.5 Å². The average molecular weight is 166 g/mol. The smallest absolute Gasteiger partial charge is 0.181 e. The molecular weight excluding hydrogens is 156 g/mol. The molecule has 0 bridgehead atoms. The highest BCUT2D eigenvalue weighted by Crippen LogP contribution is 2.15. The van der Waals surface area contributed by atoms with Gasteiger partial charge in [-0.2, -0.15) is 0 Å². The molecule has 0 atom stereocenters. The lowest BCUT2D eigenvalue weighted by Gasteiger charge is -2.03. The van der Waals surface area contributed by atoms with Gasteiger partial charge in [0.05, 0.1) is 19.2 Å². The van der Waals surface area contributed by atoms with Crippen LogP contribution in [0.5, 0.6) is 5.75 Å². The van der Waals surface area contributed by atoms with Gasteiger partial charge in [0.25, 0.3) is 0 Å². The van der Waals surface area contributed by atoms with Crippen molar-refractivity contribution < 1.29 is 9.53 Å². The van der Waals surface area contributed by atoms with E-state index in [2.05, 4.69) is 4.98 Å². The Morgan fingerprint density at radius 2 is 2.50 bits per heavy atom. The number of hydrogen-bond acceptors (Lipinski definition) is 4. The quantitative estimate of drug-likeness (QED) is 0.653. The van der Waals surface area contributed by atoms with Crippen molar-refractivity contribution >= 4 is 5.78 Å². The van der Waals surface area contributed by atoms with Gasteiger partial charge in [-0.1, -0.05) is 0 Å². The fourth-order valence-electron chi connectivity index (χ4n) is 0.879. The zero-order valence-corrected chi connectivity index (χ0v) is 6.78. The number of nitrogens with zero attached hydrogens (tertiary/aromatic N) is 1. The third-order valence-corrected chi connectivity index (χ3v) is 1.49. The molecule has 1 heterocycles. The van der Waals surface area contributed by atoms with Crippen LogP contribution in [0, 0.1) is 0 Å².